The van der Waals surface area contributed by atoms with E-state index in [0.29, 0.717) is 24.8 Å². The first-order valence-corrected chi connectivity index (χ1v) is 11.0. The maximum absolute atomic E-state index is 12.8. The smallest absolute Gasteiger partial charge is 0.230 e. The predicted octanol–water partition coefficient (Wildman–Crippen LogP) is 4.64. The molecule has 7 heteroatoms. The Morgan fingerprint density at radius 2 is 1.73 bits per heavy atom. The van der Waals surface area contributed by atoms with E-state index in [1.165, 1.54) is 0 Å². The summed E-state index contributed by atoms with van der Waals surface area (Å²) in [5.74, 6) is 1.80. The van der Waals surface area contributed by atoms with Crippen LogP contribution in [0.4, 0.5) is 11.5 Å². The topological polar surface area (TPSA) is 79.5 Å². The molecule has 0 fully saturated rings. The van der Waals surface area contributed by atoms with Crippen molar-refractivity contribution in [1.82, 2.24) is 10.2 Å². The van der Waals surface area contributed by atoms with Gasteiger partial charge in [-0.2, -0.15) is 5.10 Å². The number of fused-ring (bicyclic) bond motifs is 2. The molecule has 1 amide bonds. The van der Waals surface area contributed by atoms with E-state index in [4.69, 9.17) is 9.47 Å². The van der Waals surface area contributed by atoms with Gasteiger partial charge in [-0.3, -0.25) is 9.89 Å². The van der Waals surface area contributed by atoms with Crippen molar-refractivity contribution in [3.05, 3.63) is 66.2 Å². The minimum absolute atomic E-state index is 0.140. The first-order valence-electron chi connectivity index (χ1n) is 11.0. The van der Waals surface area contributed by atoms with E-state index >= 15 is 0 Å². The number of rotatable bonds is 5. The first-order chi connectivity index (χ1) is 16.1. The van der Waals surface area contributed by atoms with Gasteiger partial charge in [0.05, 0.1) is 25.2 Å². The van der Waals surface area contributed by atoms with Crippen molar-refractivity contribution in [2.75, 3.05) is 37.5 Å². The number of aromatic nitrogens is 2. The van der Waals surface area contributed by atoms with Crippen LogP contribution in [0.25, 0.3) is 22.0 Å². The lowest BCUT2D eigenvalue weighted by Gasteiger charge is -2.12. The van der Waals surface area contributed by atoms with Crippen LogP contribution >= 0.6 is 0 Å². The lowest BCUT2D eigenvalue weighted by molar-refractivity contribution is -0.115. The van der Waals surface area contributed by atoms with Crippen molar-refractivity contribution < 1.29 is 14.3 Å². The van der Waals surface area contributed by atoms with Gasteiger partial charge in [0, 0.05) is 31.6 Å². The highest BCUT2D eigenvalue weighted by atomic mass is 16.5. The Bertz CT molecular complexity index is 1290. The maximum atomic E-state index is 12.8. The zero-order valence-electron chi connectivity index (χ0n) is 18.7. The predicted molar refractivity (Wildman–Crippen MR) is 130 cm³/mol. The zero-order valence-corrected chi connectivity index (χ0v) is 18.7. The van der Waals surface area contributed by atoms with Crippen molar-refractivity contribution in [2.24, 2.45) is 0 Å². The summed E-state index contributed by atoms with van der Waals surface area (Å²) in [5, 5.41) is 11.1. The summed E-state index contributed by atoms with van der Waals surface area (Å²) in [4.78, 5) is 14.8. The van der Waals surface area contributed by atoms with Gasteiger partial charge < -0.3 is 19.7 Å². The monoisotopic (exact) mass is 442 g/mol. The Balaban J connectivity index is 1.34. The third-order valence-corrected chi connectivity index (χ3v) is 5.71. The summed E-state index contributed by atoms with van der Waals surface area (Å²) < 4.78 is 11.4. The van der Waals surface area contributed by atoms with Gasteiger partial charge in [0.2, 0.25) is 5.91 Å². The summed E-state index contributed by atoms with van der Waals surface area (Å²) in [5.41, 5.74) is 5.04. The number of hydrogen-bond donors (Lipinski definition) is 2. The second-order valence-electron chi connectivity index (χ2n) is 8.33. The van der Waals surface area contributed by atoms with E-state index in [2.05, 4.69) is 50.7 Å². The fourth-order valence-electron chi connectivity index (χ4n) is 3.92. The number of nitrogens with one attached hydrogen (secondary N) is 2. The van der Waals surface area contributed by atoms with Gasteiger partial charge in [-0.1, -0.05) is 24.3 Å². The molecule has 1 aliphatic rings. The van der Waals surface area contributed by atoms with E-state index in [1.807, 2.05) is 44.4 Å². The standard InChI is InChI=1S/C26H26N4O3/c1-30(2)20-8-5-18(6-9-20)19-7-10-22-21(16-19)26(29-28-22)27-25(31)15-17-4-11-23-24(14-17)33-13-3-12-32-23/h4-11,14,16H,3,12-13,15H2,1-2H3,(H2,27,28,29,31). The van der Waals surface area contributed by atoms with Gasteiger partial charge in [-0.15, -0.1) is 0 Å². The molecule has 3 aromatic carbocycles. The van der Waals surface area contributed by atoms with Crippen LogP contribution in [0.5, 0.6) is 11.5 Å². The van der Waals surface area contributed by atoms with Crippen LogP contribution < -0.4 is 19.7 Å². The number of hydrogen-bond acceptors (Lipinski definition) is 5. The van der Waals surface area contributed by atoms with Gasteiger partial charge >= 0.3 is 0 Å². The Kier molecular flexibility index (Phi) is 5.60. The number of anilines is 2. The number of H-pyrrole nitrogens is 1. The summed E-state index contributed by atoms with van der Waals surface area (Å²) >= 11 is 0. The fourth-order valence-corrected chi connectivity index (χ4v) is 3.92. The normalized spacial score (nSPS) is 12.9. The van der Waals surface area contributed by atoms with Crippen LogP contribution in [0.1, 0.15) is 12.0 Å². The van der Waals surface area contributed by atoms with Crippen molar-refractivity contribution in [3.63, 3.8) is 0 Å². The van der Waals surface area contributed by atoms with Gasteiger partial charge in [0.15, 0.2) is 17.3 Å². The Morgan fingerprint density at radius 1 is 0.970 bits per heavy atom. The second-order valence-corrected chi connectivity index (χ2v) is 8.33. The molecule has 2 N–H and O–H groups in total. The molecule has 0 saturated carbocycles. The summed E-state index contributed by atoms with van der Waals surface area (Å²) in [6.07, 6.45) is 1.06. The minimum atomic E-state index is -0.140. The zero-order chi connectivity index (χ0) is 22.8. The third kappa shape index (κ3) is 4.48. The average molecular weight is 443 g/mol. The number of carbonyl (C=O) groups is 1. The number of amides is 1. The summed E-state index contributed by atoms with van der Waals surface area (Å²) in [6.45, 7) is 1.25. The summed E-state index contributed by atoms with van der Waals surface area (Å²) in [7, 11) is 4.04. The van der Waals surface area contributed by atoms with Crippen molar-refractivity contribution in [1.29, 1.82) is 0 Å². The molecule has 0 unspecified atom stereocenters. The largest absolute Gasteiger partial charge is 0.490 e. The number of ether oxygens (including phenoxy) is 2. The Morgan fingerprint density at radius 3 is 2.52 bits per heavy atom. The van der Waals surface area contributed by atoms with Crippen LogP contribution in [0.2, 0.25) is 0 Å². The van der Waals surface area contributed by atoms with E-state index in [9.17, 15) is 4.79 Å². The Labute approximate surface area is 192 Å². The molecule has 0 saturated heterocycles. The molecule has 33 heavy (non-hydrogen) atoms. The van der Waals surface area contributed by atoms with E-state index in [1.54, 1.807) is 0 Å². The molecule has 0 spiro atoms. The average Bonchev–Trinajstić information content (AvgIpc) is 3.06. The molecular formula is C26H26N4O3. The number of benzene rings is 3. The molecule has 2 heterocycles. The van der Waals surface area contributed by atoms with Crippen LogP contribution in [-0.2, 0) is 11.2 Å². The lowest BCUT2D eigenvalue weighted by Crippen LogP contribution is -2.15. The fraction of sp³-hybridized carbons (Fsp3) is 0.231. The molecule has 0 radical (unpaired) electrons. The van der Waals surface area contributed by atoms with Crippen LogP contribution in [0, 0.1) is 0 Å². The minimum Gasteiger partial charge on any atom is -0.490 e. The highest BCUT2D eigenvalue weighted by Gasteiger charge is 2.14. The summed E-state index contributed by atoms with van der Waals surface area (Å²) in [6, 6.07) is 20.1. The lowest BCUT2D eigenvalue weighted by atomic mass is 10.0. The molecule has 0 aliphatic carbocycles. The van der Waals surface area contributed by atoms with Crippen molar-refractivity contribution in [2.45, 2.75) is 12.8 Å². The molecule has 1 aromatic heterocycles. The highest BCUT2D eigenvalue weighted by Crippen LogP contribution is 2.31. The van der Waals surface area contributed by atoms with E-state index < -0.39 is 0 Å². The van der Waals surface area contributed by atoms with Crippen LogP contribution in [-0.4, -0.2) is 43.4 Å². The van der Waals surface area contributed by atoms with Gasteiger partial charge in [0.25, 0.3) is 0 Å². The molecule has 4 aromatic rings. The molecule has 0 atom stereocenters. The van der Waals surface area contributed by atoms with Gasteiger partial charge in [0.1, 0.15) is 0 Å². The van der Waals surface area contributed by atoms with Crippen molar-refractivity contribution in [3.8, 4) is 22.6 Å². The Hall–Kier alpha value is -4.00. The van der Waals surface area contributed by atoms with Crippen LogP contribution in [0.15, 0.2) is 60.7 Å². The van der Waals surface area contributed by atoms with Gasteiger partial charge in [-0.05, 0) is 53.1 Å². The first kappa shape index (κ1) is 20.9. The number of nitrogens with zero attached hydrogens (tertiary/aromatic N) is 2. The third-order valence-electron chi connectivity index (χ3n) is 5.71. The molecule has 0 bridgehead atoms. The second kappa shape index (κ2) is 8.86. The van der Waals surface area contributed by atoms with E-state index in [-0.39, 0.29) is 12.3 Å². The SMILES string of the molecule is CN(C)c1ccc(-c2ccc3[nH]nc(NC(=O)Cc4ccc5c(c4)OCCCO5)c3c2)cc1. The molecule has 5 rings (SSSR count). The number of carbonyl (C=O) groups excluding carboxylic acids is 1. The molecule has 168 valence electrons. The van der Waals surface area contributed by atoms with Crippen LogP contribution in [0.3, 0.4) is 0 Å². The van der Waals surface area contributed by atoms with Crippen molar-refractivity contribution >= 4 is 28.3 Å². The quantitative estimate of drug-likeness (QED) is 0.471. The number of aromatic amines is 1. The van der Waals surface area contributed by atoms with Gasteiger partial charge in [-0.25, -0.2) is 0 Å². The molecule has 1 aliphatic heterocycles. The maximum Gasteiger partial charge on any atom is 0.230 e. The molecule has 7 nitrogen and oxygen atoms in total. The van der Waals surface area contributed by atoms with E-state index in [0.717, 1.165) is 45.5 Å². The molecular weight excluding hydrogens is 416 g/mol. The highest BCUT2D eigenvalue weighted by molar-refractivity contribution is 6.01.